The summed E-state index contributed by atoms with van der Waals surface area (Å²) in [6, 6.07) is 0. The second kappa shape index (κ2) is 10.7. The summed E-state index contributed by atoms with van der Waals surface area (Å²) in [7, 11) is 0. The van der Waals surface area contributed by atoms with Gasteiger partial charge in [0, 0.05) is 12.2 Å². The number of aliphatic hydroxyl groups is 1. The minimum Gasteiger partial charge on any atom is -0.496 e. The summed E-state index contributed by atoms with van der Waals surface area (Å²) in [6.07, 6.45) is 9.10. The molecule has 120 valence electrons. The van der Waals surface area contributed by atoms with Gasteiger partial charge in [-0.2, -0.15) is 11.8 Å². The molecule has 1 heterocycles. The van der Waals surface area contributed by atoms with E-state index in [0.717, 1.165) is 24.3 Å². The molecule has 1 saturated heterocycles. The summed E-state index contributed by atoms with van der Waals surface area (Å²) in [6.45, 7) is 2.47. The Morgan fingerprint density at radius 1 is 1.38 bits per heavy atom. The van der Waals surface area contributed by atoms with Crippen molar-refractivity contribution in [1.82, 2.24) is 0 Å². The van der Waals surface area contributed by atoms with Gasteiger partial charge in [-0.3, -0.25) is 4.79 Å². The zero-order valence-electron chi connectivity index (χ0n) is 12.7. The number of carboxylic acids is 1. The number of hydrogen-bond acceptors (Lipinski definition) is 4. The molecule has 0 amide bonds. The first-order chi connectivity index (χ1) is 10.2. The Morgan fingerprint density at radius 3 is 2.86 bits per heavy atom. The van der Waals surface area contributed by atoms with Crippen LogP contribution in [0.2, 0.25) is 0 Å². The van der Waals surface area contributed by atoms with E-state index in [-0.39, 0.29) is 13.0 Å². The second-order valence-electron chi connectivity index (χ2n) is 5.18. The van der Waals surface area contributed by atoms with Gasteiger partial charge >= 0.3 is 5.97 Å². The molecule has 0 radical (unpaired) electrons. The molecular formula is C16H26O4S. The third kappa shape index (κ3) is 7.58. The fourth-order valence-electron chi connectivity index (χ4n) is 2.37. The number of allylic oxidation sites excluding steroid dienone is 3. The average molecular weight is 314 g/mol. The van der Waals surface area contributed by atoms with E-state index in [2.05, 4.69) is 18.2 Å². The van der Waals surface area contributed by atoms with Crippen LogP contribution >= 0.6 is 11.8 Å². The highest BCUT2D eigenvalue weighted by Gasteiger charge is 2.25. The molecule has 4 nitrogen and oxygen atoms in total. The fraction of sp³-hybridized carbons (Fsp3) is 0.688. The van der Waals surface area contributed by atoms with Crippen molar-refractivity contribution < 1.29 is 19.7 Å². The summed E-state index contributed by atoms with van der Waals surface area (Å²) >= 11 is 1.94. The molecule has 2 atom stereocenters. The maximum absolute atomic E-state index is 10.4. The van der Waals surface area contributed by atoms with Crippen LogP contribution < -0.4 is 0 Å². The van der Waals surface area contributed by atoms with Crippen molar-refractivity contribution in [2.45, 2.75) is 32.6 Å². The first-order valence-corrected chi connectivity index (χ1v) is 8.71. The van der Waals surface area contributed by atoms with Gasteiger partial charge in [-0.25, -0.2) is 0 Å². The van der Waals surface area contributed by atoms with Crippen molar-refractivity contribution in [1.29, 1.82) is 0 Å². The lowest BCUT2D eigenvalue weighted by molar-refractivity contribution is -0.137. The van der Waals surface area contributed by atoms with Crippen LogP contribution in [0.1, 0.15) is 32.6 Å². The molecule has 0 spiro atoms. The Morgan fingerprint density at radius 2 is 2.19 bits per heavy atom. The minimum absolute atomic E-state index is 0.0350. The maximum atomic E-state index is 10.4. The highest BCUT2D eigenvalue weighted by molar-refractivity contribution is 7.99. The lowest BCUT2D eigenvalue weighted by Gasteiger charge is -2.15. The van der Waals surface area contributed by atoms with Crippen LogP contribution in [-0.4, -0.2) is 40.9 Å². The third-order valence-electron chi connectivity index (χ3n) is 3.50. The first-order valence-electron chi connectivity index (χ1n) is 7.56. The molecule has 2 N–H and O–H groups in total. The fourth-order valence-corrected chi connectivity index (χ4v) is 3.84. The Kier molecular flexibility index (Phi) is 9.26. The lowest BCUT2D eigenvalue weighted by Crippen LogP contribution is -2.11. The standard InChI is InChI=1S/C16H26O4S/c1-2-20-15(10-17)9-14-12-21-11-13(14)7-5-3-4-6-8-16(18)19/h3,5,9,13-14,17H,2,4,6-8,10-12H2,1H3,(H,18,19)/t13-,14+/m0/s1. The van der Waals surface area contributed by atoms with Crippen LogP contribution in [-0.2, 0) is 9.53 Å². The number of aliphatic carboxylic acids is 1. The van der Waals surface area contributed by atoms with Crippen LogP contribution in [0, 0.1) is 11.8 Å². The molecule has 0 aromatic carbocycles. The van der Waals surface area contributed by atoms with Gasteiger partial charge in [-0.1, -0.05) is 12.2 Å². The smallest absolute Gasteiger partial charge is 0.303 e. The number of carbonyl (C=O) groups is 1. The van der Waals surface area contributed by atoms with Crippen LogP contribution in [0.3, 0.4) is 0 Å². The number of unbranched alkanes of at least 4 members (excludes halogenated alkanes) is 1. The normalized spacial score (nSPS) is 22.9. The molecule has 0 bridgehead atoms. The third-order valence-corrected chi connectivity index (χ3v) is 4.78. The van der Waals surface area contributed by atoms with E-state index in [4.69, 9.17) is 9.84 Å². The number of rotatable bonds is 10. The second-order valence-corrected chi connectivity index (χ2v) is 6.25. The molecule has 1 fully saturated rings. The molecule has 0 aliphatic carbocycles. The number of carboxylic acid groups (broad SMARTS) is 1. The van der Waals surface area contributed by atoms with Gasteiger partial charge in [0.1, 0.15) is 12.4 Å². The molecule has 0 saturated carbocycles. The van der Waals surface area contributed by atoms with Crippen molar-refractivity contribution in [3.05, 3.63) is 24.0 Å². The maximum Gasteiger partial charge on any atom is 0.303 e. The lowest BCUT2D eigenvalue weighted by atomic mass is 9.92. The number of hydrogen-bond donors (Lipinski definition) is 2. The highest BCUT2D eigenvalue weighted by atomic mass is 32.2. The Balaban J connectivity index is 2.36. The van der Waals surface area contributed by atoms with E-state index in [9.17, 15) is 9.90 Å². The van der Waals surface area contributed by atoms with Gasteiger partial charge in [-0.05, 0) is 49.9 Å². The van der Waals surface area contributed by atoms with Crippen molar-refractivity contribution in [2.24, 2.45) is 11.8 Å². The molecule has 1 aliphatic heterocycles. The van der Waals surface area contributed by atoms with E-state index < -0.39 is 5.97 Å². The summed E-state index contributed by atoms with van der Waals surface area (Å²) in [5.74, 6) is 3.19. The largest absolute Gasteiger partial charge is 0.496 e. The van der Waals surface area contributed by atoms with Gasteiger partial charge in [-0.15, -0.1) is 0 Å². The SMILES string of the molecule is CCOC(=C[C@@H]1CSC[C@@H]1CC=CCCCC(=O)O)CO. The predicted octanol–water partition coefficient (Wildman–Crippen LogP) is 3.08. The molecular weight excluding hydrogens is 288 g/mol. The van der Waals surface area contributed by atoms with Crippen molar-refractivity contribution in [3.63, 3.8) is 0 Å². The van der Waals surface area contributed by atoms with Gasteiger partial charge < -0.3 is 14.9 Å². The Labute approximate surface area is 131 Å². The van der Waals surface area contributed by atoms with E-state index >= 15 is 0 Å². The molecule has 0 aromatic heterocycles. The zero-order valence-corrected chi connectivity index (χ0v) is 13.5. The number of aliphatic hydroxyl groups excluding tert-OH is 1. The van der Waals surface area contributed by atoms with Crippen molar-refractivity contribution in [3.8, 4) is 0 Å². The quantitative estimate of drug-likeness (QED) is 0.368. The van der Waals surface area contributed by atoms with E-state index in [1.54, 1.807) is 0 Å². The molecule has 0 aromatic rings. The summed E-state index contributed by atoms with van der Waals surface area (Å²) in [4.78, 5) is 10.4. The Bertz CT molecular complexity index is 365. The van der Waals surface area contributed by atoms with Gasteiger partial charge in [0.15, 0.2) is 0 Å². The topological polar surface area (TPSA) is 66.8 Å². The van der Waals surface area contributed by atoms with E-state index in [1.165, 1.54) is 0 Å². The summed E-state index contributed by atoms with van der Waals surface area (Å²) in [5, 5.41) is 17.8. The number of thioether (sulfide) groups is 1. The summed E-state index contributed by atoms with van der Waals surface area (Å²) < 4.78 is 5.41. The van der Waals surface area contributed by atoms with Crippen LogP contribution in [0.25, 0.3) is 0 Å². The van der Waals surface area contributed by atoms with Gasteiger partial charge in [0.25, 0.3) is 0 Å². The zero-order chi connectivity index (χ0) is 15.5. The highest BCUT2D eigenvalue weighted by Crippen LogP contribution is 2.34. The van der Waals surface area contributed by atoms with E-state index in [1.807, 2.05) is 18.7 Å². The Hall–Kier alpha value is -0.940. The molecule has 1 aliphatic rings. The number of ether oxygens (including phenoxy) is 1. The molecule has 1 rings (SSSR count). The van der Waals surface area contributed by atoms with Crippen molar-refractivity contribution in [2.75, 3.05) is 24.7 Å². The molecule has 0 unspecified atom stereocenters. The van der Waals surface area contributed by atoms with Gasteiger partial charge in [0.05, 0.1) is 6.61 Å². The average Bonchev–Trinajstić information content (AvgIpc) is 2.89. The molecule has 21 heavy (non-hydrogen) atoms. The van der Waals surface area contributed by atoms with E-state index in [0.29, 0.717) is 30.6 Å². The van der Waals surface area contributed by atoms with Crippen LogP contribution in [0.15, 0.2) is 24.0 Å². The van der Waals surface area contributed by atoms with Crippen LogP contribution in [0.4, 0.5) is 0 Å². The first kappa shape index (κ1) is 18.1. The molecule has 5 heteroatoms. The summed E-state index contributed by atoms with van der Waals surface area (Å²) in [5.41, 5.74) is 0. The van der Waals surface area contributed by atoms with Gasteiger partial charge in [0.2, 0.25) is 0 Å². The predicted molar refractivity (Wildman–Crippen MR) is 86.3 cm³/mol. The van der Waals surface area contributed by atoms with Crippen molar-refractivity contribution >= 4 is 17.7 Å². The monoisotopic (exact) mass is 314 g/mol. The van der Waals surface area contributed by atoms with Crippen LogP contribution in [0.5, 0.6) is 0 Å². The minimum atomic E-state index is -0.728.